The third-order valence-electron chi connectivity index (χ3n) is 8.91. The van der Waals surface area contributed by atoms with Gasteiger partial charge in [-0.05, 0) is 51.1 Å². The Hall–Kier alpha value is -3.83. The smallest absolute Gasteiger partial charge is 0.240 e. The molecule has 1 amide bonds. The van der Waals surface area contributed by atoms with Gasteiger partial charge in [-0.25, -0.2) is 13.4 Å². The molecule has 3 aliphatic rings. The minimum Gasteiger partial charge on any atom is -0.382 e. The number of carbonyl (C=O) groups is 1. The third kappa shape index (κ3) is 4.47. The molecule has 2 bridgehead atoms. The number of amides is 1. The first-order valence-electron chi connectivity index (χ1n) is 14.2. The number of nitrogens with zero attached hydrogens (tertiary/aromatic N) is 5. The van der Waals surface area contributed by atoms with E-state index in [4.69, 9.17) is 10.7 Å². The monoisotopic (exact) mass is 571 g/mol. The lowest BCUT2D eigenvalue weighted by molar-refractivity contribution is -0.137. The molecule has 2 unspecified atom stereocenters. The van der Waals surface area contributed by atoms with E-state index < -0.39 is 9.84 Å². The van der Waals surface area contributed by atoms with Gasteiger partial charge < -0.3 is 16.0 Å². The highest BCUT2D eigenvalue weighted by Crippen LogP contribution is 2.45. The number of piperidine rings is 1. The fourth-order valence-electron chi connectivity index (χ4n) is 7.05. The van der Waals surface area contributed by atoms with Crippen LogP contribution in [0.4, 0.5) is 5.82 Å². The van der Waals surface area contributed by atoms with E-state index in [1.54, 1.807) is 12.4 Å². The van der Waals surface area contributed by atoms with Gasteiger partial charge in [0.1, 0.15) is 10.7 Å². The molecule has 10 nitrogen and oxygen atoms in total. The Morgan fingerprint density at radius 2 is 1.76 bits per heavy atom. The maximum absolute atomic E-state index is 13.4. The van der Waals surface area contributed by atoms with E-state index in [1.165, 1.54) is 10.8 Å². The molecule has 0 saturated carbocycles. The van der Waals surface area contributed by atoms with Crippen molar-refractivity contribution in [2.75, 3.05) is 18.5 Å². The van der Waals surface area contributed by atoms with Crippen LogP contribution in [0.3, 0.4) is 0 Å². The van der Waals surface area contributed by atoms with Crippen molar-refractivity contribution >= 4 is 27.2 Å². The number of pyridine rings is 1. The van der Waals surface area contributed by atoms with E-state index in [-0.39, 0.29) is 40.7 Å². The largest absolute Gasteiger partial charge is 0.382 e. The van der Waals surface area contributed by atoms with E-state index in [9.17, 15) is 13.2 Å². The zero-order chi connectivity index (χ0) is 28.3. The Balaban J connectivity index is 1.27. The van der Waals surface area contributed by atoms with E-state index in [0.717, 1.165) is 54.6 Å². The van der Waals surface area contributed by atoms with Crippen LogP contribution in [0.1, 0.15) is 50.1 Å². The Bertz CT molecular complexity index is 1720. The molecule has 4 atom stereocenters. The number of benzene rings is 1. The Morgan fingerprint density at radius 1 is 1.00 bits per heavy atom. The topological polar surface area (TPSA) is 136 Å². The molecule has 3 aromatic heterocycles. The highest BCUT2D eigenvalue weighted by molar-refractivity contribution is 7.91. The van der Waals surface area contributed by atoms with Crippen LogP contribution in [0.15, 0.2) is 59.8 Å². The number of hydrogen-bond acceptors (Lipinski definition) is 8. The standard InChI is InChI=1S/C30H33N7O3S/c1-41(39,40)27-26(20-14-21-10-11-22(15-20)36(21)30(38)25-8-5-13-32-25)35-29-23(17-34-37(29)28(27)31)19-9-12-24(33-16-19)18-6-3-2-4-7-18/h2-4,6-7,9,12,16-17,20-22,25,32H,5,8,10-11,13-15,31H2,1H3/t20?,21-,22+,25?. The lowest BCUT2D eigenvalue weighted by atomic mass is 9.87. The number of carbonyl (C=O) groups excluding carboxylic acids is 1. The van der Waals surface area contributed by atoms with Crippen LogP contribution < -0.4 is 11.1 Å². The fourth-order valence-corrected chi connectivity index (χ4v) is 8.11. The SMILES string of the molecule is CS(=O)(=O)c1c(C2C[C@H]3CC[C@@H](C2)N3C(=O)C2CCCN2)nc2c(-c3ccc(-c4ccccc4)nc3)cnn2c1N. The molecule has 212 valence electrons. The predicted molar refractivity (Wildman–Crippen MR) is 156 cm³/mol. The number of hydrogen-bond donors (Lipinski definition) is 2. The van der Waals surface area contributed by atoms with Crippen LogP contribution in [-0.4, -0.2) is 69.7 Å². The van der Waals surface area contributed by atoms with E-state index in [2.05, 4.69) is 20.3 Å². The Labute approximate surface area is 238 Å². The van der Waals surface area contributed by atoms with Gasteiger partial charge in [0.15, 0.2) is 15.5 Å². The Kier molecular flexibility index (Phi) is 6.31. The number of nitrogen functional groups attached to an aromatic ring is 1. The van der Waals surface area contributed by atoms with Crippen LogP contribution in [0, 0.1) is 0 Å². The number of aromatic nitrogens is 4. The lowest BCUT2D eigenvalue weighted by Gasteiger charge is -2.40. The van der Waals surface area contributed by atoms with Gasteiger partial charge in [-0.2, -0.15) is 9.61 Å². The minimum atomic E-state index is -3.71. The summed E-state index contributed by atoms with van der Waals surface area (Å²) in [5, 5.41) is 7.77. The molecule has 3 saturated heterocycles. The number of sulfone groups is 1. The summed E-state index contributed by atoms with van der Waals surface area (Å²) in [5.74, 6) is 0.115. The summed E-state index contributed by atoms with van der Waals surface area (Å²) in [7, 11) is -3.71. The van der Waals surface area contributed by atoms with Gasteiger partial charge in [0.25, 0.3) is 0 Å². The maximum Gasteiger partial charge on any atom is 0.240 e. The summed E-state index contributed by atoms with van der Waals surface area (Å²) >= 11 is 0. The quantitative estimate of drug-likeness (QED) is 0.372. The number of nitrogens with one attached hydrogen (secondary N) is 1. The first kappa shape index (κ1) is 26.1. The third-order valence-corrected chi connectivity index (χ3v) is 10.1. The molecule has 3 aliphatic heterocycles. The van der Waals surface area contributed by atoms with Crippen LogP contribution in [-0.2, 0) is 14.6 Å². The Morgan fingerprint density at radius 3 is 2.39 bits per heavy atom. The molecule has 3 fully saturated rings. The van der Waals surface area contributed by atoms with Gasteiger partial charge in [-0.15, -0.1) is 0 Å². The molecule has 11 heteroatoms. The fraction of sp³-hybridized carbons (Fsp3) is 0.400. The van der Waals surface area contributed by atoms with Crippen LogP contribution >= 0.6 is 0 Å². The summed E-state index contributed by atoms with van der Waals surface area (Å²) in [6.07, 6.45) is 9.67. The highest BCUT2D eigenvalue weighted by Gasteiger charge is 2.47. The second-order valence-electron chi connectivity index (χ2n) is 11.5. The molecule has 4 aromatic rings. The van der Waals surface area contributed by atoms with Gasteiger partial charge in [0.05, 0.1) is 23.6 Å². The van der Waals surface area contributed by atoms with Crippen molar-refractivity contribution in [1.82, 2.24) is 29.8 Å². The second-order valence-corrected chi connectivity index (χ2v) is 13.5. The summed E-state index contributed by atoms with van der Waals surface area (Å²) < 4.78 is 27.6. The molecule has 0 aliphatic carbocycles. The van der Waals surface area contributed by atoms with Gasteiger partial charge in [0, 0.05) is 47.1 Å². The maximum atomic E-state index is 13.4. The van der Waals surface area contributed by atoms with Crippen LogP contribution in [0.2, 0.25) is 0 Å². The summed E-state index contributed by atoms with van der Waals surface area (Å²) in [4.78, 5) is 25.1. The average molecular weight is 572 g/mol. The van der Waals surface area contributed by atoms with Crippen LogP contribution in [0.25, 0.3) is 28.0 Å². The average Bonchev–Trinajstić information content (AvgIpc) is 3.71. The van der Waals surface area contributed by atoms with Crippen molar-refractivity contribution in [3.63, 3.8) is 0 Å². The zero-order valence-electron chi connectivity index (χ0n) is 22.9. The second kappa shape index (κ2) is 9.92. The zero-order valence-corrected chi connectivity index (χ0v) is 23.7. The first-order valence-corrected chi connectivity index (χ1v) is 16.1. The number of anilines is 1. The van der Waals surface area contributed by atoms with Gasteiger partial charge in [-0.1, -0.05) is 36.4 Å². The molecular weight excluding hydrogens is 538 g/mol. The highest BCUT2D eigenvalue weighted by atomic mass is 32.2. The van der Waals surface area contributed by atoms with Crippen molar-refractivity contribution in [3.05, 3.63) is 60.6 Å². The van der Waals surface area contributed by atoms with Gasteiger partial charge in [-0.3, -0.25) is 9.78 Å². The molecular formula is C30H33N7O3S. The number of fused-ring (bicyclic) bond motifs is 3. The normalized spacial score (nSPS) is 24.3. The molecule has 1 aromatic carbocycles. The van der Waals surface area contributed by atoms with E-state index in [1.807, 2.05) is 42.5 Å². The number of nitrogens with two attached hydrogens (primary N) is 1. The molecule has 6 heterocycles. The lowest BCUT2D eigenvalue weighted by Crippen LogP contribution is -2.52. The molecule has 3 N–H and O–H groups in total. The number of rotatable bonds is 5. The van der Waals surface area contributed by atoms with Gasteiger partial charge in [0.2, 0.25) is 5.91 Å². The minimum absolute atomic E-state index is 0.0406. The first-order chi connectivity index (χ1) is 19.8. The van der Waals surface area contributed by atoms with Crippen molar-refractivity contribution in [1.29, 1.82) is 0 Å². The van der Waals surface area contributed by atoms with Gasteiger partial charge >= 0.3 is 0 Å². The summed E-state index contributed by atoms with van der Waals surface area (Å²) in [6.45, 7) is 0.876. The molecule has 0 spiro atoms. The summed E-state index contributed by atoms with van der Waals surface area (Å²) in [5.41, 5.74) is 10.9. The van der Waals surface area contributed by atoms with Crippen molar-refractivity contribution in [3.8, 4) is 22.4 Å². The summed E-state index contributed by atoms with van der Waals surface area (Å²) in [6, 6.07) is 13.9. The molecule has 7 rings (SSSR count). The van der Waals surface area contributed by atoms with Crippen LogP contribution in [0.5, 0.6) is 0 Å². The van der Waals surface area contributed by atoms with E-state index in [0.29, 0.717) is 24.2 Å². The van der Waals surface area contributed by atoms with E-state index >= 15 is 0 Å². The predicted octanol–water partition coefficient (Wildman–Crippen LogP) is 3.43. The van der Waals surface area contributed by atoms with Crippen molar-refractivity contribution in [2.24, 2.45) is 0 Å². The van der Waals surface area contributed by atoms with Crippen molar-refractivity contribution < 1.29 is 13.2 Å². The van der Waals surface area contributed by atoms with Crippen molar-refractivity contribution in [2.45, 2.75) is 67.5 Å². The molecule has 0 radical (unpaired) electrons. The molecule has 41 heavy (non-hydrogen) atoms.